The first-order chi connectivity index (χ1) is 16.7. The summed E-state index contributed by atoms with van der Waals surface area (Å²) in [5, 5.41) is 24.5. The van der Waals surface area contributed by atoms with Crippen molar-refractivity contribution in [2.24, 2.45) is 11.3 Å². The quantitative estimate of drug-likeness (QED) is 0.524. The van der Waals surface area contributed by atoms with Crippen molar-refractivity contribution in [1.29, 1.82) is 0 Å². The predicted octanol–water partition coefficient (Wildman–Crippen LogP) is 4.56. The highest BCUT2D eigenvalue weighted by Gasteiger charge is 2.51. The number of piperidine rings is 1. The maximum Gasteiger partial charge on any atom is 0.335 e. The number of benzene rings is 2. The highest BCUT2D eigenvalue weighted by Crippen LogP contribution is 2.48. The minimum atomic E-state index is -1.22. The SMILES string of the molecule is Cc1cc(C(=O)O)c(C)c(C(=O)N[C@@H](C(=O)N2CC[C@@](O)(c3ccccc3Cl)C(C)(C)C2)C(C)C)c1. The number of amides is 2. The number of halogens is 1. The summed E-state index contributed by atoms with van der Waals surface area (Å²) in [5.74, 6) is -2.05. The molecule has 3 N–H and O–H groups in total. The number of carboxylic acid groups (broad SMARTS) is 1. The first-order valence-corrected chi connectivity index (χ1v) is 12.5. The Kier molecular flexibility index (Phi) is 7.86. The summed E-state index contributed by atoms with van der Waals surface area (Å²) in [6, 6.07) is 9.55. The van der Waals surface area contributed by atoms with E-state index in [0.717, 1.165) is 0 Å². The van der Waals surface area contributed by atoms with Gasteiger partial charge in [0.2, 0.25) is 5.91 Å². The van der Waals surface area contributed by atoms with E-state index in [0.29, 0.717) is 34.7 Å². The van der Waals surface area contributed by atoms with Gasteiger partial charge in [0, 0.05) is 34.7 Å². The third-order valence-corrected chi connectivity index (χ3v) is 7.66. The van der Waals surface area contributed by atoms with Gasteiger partial charge in [0.1, 0.15) is 6.04 Å². The highest BCUT2D eigenvalue weighted by atomic mass is 35.5. The third kappa shape index (κ3) is 5.13. The molecule has 1 aliphatic heterocycles. The highest BCUT2D eigenvalue weighted by molar-refractivity contribution is 6.31. The molecule has 8 heteroatoms. The van der Waals surface area contributed by atoms with Crippen molar-refractivity contribution >= 4 is 29.4 Å². The van der Waals surface area contributed by atoms with E-state index in [2.05, 4.69) is 5.32 Å². The number of carboxylic acids is 1. The van der Waals surface area contributed by atoms with Crippen molar-refractivity contribution in [2.75, 3.05) is 13.1 Å². The van der Waals surface area contributed by atoms with Crippen molar-refractivity contribution in [3.63, 3.8) is 0 Å². The Morgan fingerprint density at radius 3 is 2.25 bits per heavy atom. The molecule has 2 atom stereocenters. The van der Waals surface area contributed by atoms with E-state index in [1.165, 1.54) is 6.07 Å². The van der Waals surface area contributed by atoms with Gasteiger partial charge in [-0.1, -0.05) is 57.5 Å². The molecule has 7 nitrogen and oxygen atoms in total. The standard InChI is InChI=1S/C28H35ClN2O5/c1-16(2)23(30-24(32)19-13-17(3)14-20(18(19)4)26(34)35)25(33)31-12-11-28(36,27(5,6)15-31)21-9-7-8-10-22(21)29/h7-10,13-14,16,23,36H,11-12,15H2,1-6H3,(H,30,32)(H,34,35)/t23-,28-/m1/s1. The Balaban J connectivity index is 1.84. The Hall–Kier alpha value is -2.90. The maximum absolute atomic E-state index is 13.6. The number of hydrogen-bond acceptors (Lipinski definition) is 4. The molecule has 3 rings (SSSR count). The maximum atomic E-state index is 13.6. The van der Waals surface area contributed by atoms with Crippen LogP contribution < -0.4 is 5.32 Å². The van der Waals surface area contributed by atoms with Crippen LogP contribution in [0.25, 0.3) is 0 Å². The Bertz CT molecular complexity index is 1190. The van der Waals surface area contributed by atoms with Gasteiger partial charge in [-0.15, -0.1) is 0 Å². The fourth-order valence-electron chi connectivity index (χ4n) is 5.05. The van der Waals surface area contributed by atoms with Crippen LogP contribution in [0.1, 0.15) is 71.5 Å². The molecule has 1 aliphatic rings. The molecular formula is C28H35ClN2O5. The van der Waals surface area contributed by atoms with Crippen LogP contribution in [-0.4, -0.2) is 52.0 Å². The number of rotatable bonds is 6. The van der Waals surface area contributed by atoms with E-state index < -0.39 is 28.9 Å². The minimum absolute atomic E-state index is 0.0595. The lowest BCUT2D eigenvalue weighted by atomic mass is 9.66. The fraction of sp³-hybridized carbons (Fsp3) is 0.464. The topological polar surface area (TPSA) is 107 Å². The van der Waals surface area contributed by atoms with Crippen LogP contribution in [-0.2, 0) is 10.4 Å². The van der Waals surface area contributed by atoms with Crippen molar-refractivity contribution < 1.29 is 24.6 Å². The molecule has 1 heterocycles. The zero-order valence-electron chi connectivity index (χ0n) is 21.7. The molecular weight excluding hydrogens is 480 g/mol. The summed E-state index contributed by atoms with van der Waals surface area (Å²) in [6.07, 6.45) is 0.299. The second kappa shape index (κ2) is 10.2. The second-order valence-electron chi connectivity index (χ2n) is 10.7. The second-order valence-corrected chi connectivity index (χ2v) is 11.1. The molecule has 1 saturated heterocycles. The van der Waals surface area contributed by atoms with Crippen molar-refractivity contribution in [1.82, 2.24) is 10.2 Å². The summed E-state index contributed by atoms with van der Waals surface area (Å²) in [5.41, 5.74) is 0.00594. The van der Waals surface area contributed by atoms with E-state index in [1.807, 2.05) is 45.9 Å². The van der Waals surface area contributed by atoms with Crippen LogP contribution >= 0.6 is 11.6 Å². The molecule has 2 aromatic carbocycles. The van der Waals surface area contributed by atoms with E-state index in [4.69, 9.17) is 11.6 Å². The molecule has 36 heavy (non-hydrogen) atoms. The monoisotopic (exact) mass is 514 g/mol. The molecule has 0 bridgehead atoms. The summed E-state index contributed by atoms with van der Waals surface area (Å²) in [7, 11) is 0. The number of aromatic carboxylic acids is 1. The zero-order chi connectivity index (χ0) is 27.0. The number of carbonyl (C=O) groups excluding carboxylic acids is 2. The van der Waals surface area contributed by atoms with Gasteiger partial charge < -0.3 is 20.4 Å². The normalized spacial score (nSPS) is 20.2. The smallest absolute Gasteiger partial charge is 0.335 e. The van der Waals surface area contributed by atoms with Crippen molar-refractivity contribution in [2.45, 2.75) is 59.6 Å². The summed E-state index contributed by atoms with van der Waals surface area (Å²) < 4.78 is 0. The third-order valence-electron chi connectivity index (χ3n) is 7.33. The molecule has 0 spiro atoms. The van der Waals surface area contributed by atoms with Crippen molar-refractivity contribution in [3.05, 3.63) is 69.2 Å². The number of aryl methyl sites for hydroxylation is 1. The molecule has 0 aliphatic carbocycles. The van der Waals surface area contributed by atoms with Gasteiger partial charge in [0.15, 0.2) is 0 Å². The van der Waals surface area contributed by atoms with Crippen LogP contribution in [0.3, 0.4) is 0 Å². The predicted molar refractivity (Wildman–Crippen MR) is 139 cm³/mol. The number of likely N-dealkylation sites (tertiary alicyclic amines) is 1. The summed E-state index contributed by atoms with van der Waals surface area (Å²) in [4.78, 5) is 40.2. The van der Waals surface area contributed by atoms with Crippen LogP contribution in [0.5, 0.6) is 0 Å². The molecule has 0 saturated carbocycles. The fourth-order valence-corrected chi connectivity index (χ4v) is 5.34. The van der Waals surface area contributed by atoms with Gasteiger partial charge >= 0.3 is 5.97 Å². The van der Waals surface area contributed by atoms with Crippen LogP contribution in [0.15, 0.2) is 36.4 Å². The minimum Gasteiger partial charge on any atom is -0.478 e. The molecule has 194 valence electrons. The molecule has 0 radical (unpaired) electrons. The largest absolute Gasteiger partial charge is 0.478 e. The number of aliphatic hydroxyl groups is 1. The van der Waals surface area contributed by atoms with Gasteiger partial charge in [-0.05, 0) is 55.5 Å². The summed E-state index contributed by atoms with van der Waals surface area (Å²) >= 11 is 6.41. The van der Waals surface area contributed by atoms with E-state index in [1.54, 1.807) is 30.9 Å². The Labute approximate surface area is 217 Å². The molecule has 0 unspecified atom stereocenters. The van der Waals surface area contributed by atoms with Gasteiger partial charge in [-0.3, -0.25) is 9.59 Å². The lowest BCUT2D eigenvalue weighted by Gasteiger charge is -2.51. The average Bonchev–Trinajstić information content (AvgIpc) is 2.79. The van der Waals surface area contributed by atoms with Crippen LogP contribution in [0.2, 0.25) is 5.02 Å². The number of carbonyl (C=O) groups is 3. The van der Waals surface area contributed by atoms with E-state index in [-0.39, 0.29) is 29.5 Å². The van der Waals surface area contributed by atoms with Gasteiger partial charge in [-0.2, -0.15) is 0 Å². The average molecular weight is 515 g/mol. The number of nitrogens with one attached hydrogen (secondary N) is 1. The Morgan fingerprint density at radius 2 is 1.69 bits per heavy atom. The van der Waals surface area contributed by atoms with Crippen molar-refractivity contribution in [3.8, 4) is 0 Å². The van der Waals surface area contributed by atoms with E-state index in [9.17, 15) is 24.6 Å². The lowest BCUT2D eigenvalue weighted by Crippen LogP contribution is -2.60. The first kappa shape index (κ1) is 27.7. The molecule has 1 fully saturated rings. The van der Waals surface area contributed by atoms with Gasteiger partial charge in [0.25, 0.3) is 5.91 Å². The lowest BCUT2D eigenvalue weighted by molar-refractivity contribution is -0.155. The van der Waals surface area contributed by atoms with Crippen LogP contribution in [0, 0.1) is 25.2 Å². The molecule has 2 amide bonds. The number of hydrogen-bond donors (Lipinski definition) is 3. The van der Waals surface area contributed by atoms with Gasteiger partial charge in [0.05, 0.1) is 11.2 Å². The zero-order valence-corrected chi connectivity index (χ0v) is 22.4. The Morgan fingerprint density at radius 1 is 1.08 bits per heavy atom. The molecule has 0 aromatic heterocycles. The number of nitrogens with zero attached hydrogens (tertiary/aromatic N) is 1. The van der Waals surface area contributed by atoms with Gasteiger partial charge in [-0.25, -0.2) is 4.79 Å². The molecule has 2 aromatic rings. The van der Waals surface area contributed by atoms with Crippen LogP contribution in [0.4, 0.5) is 0 Å². The first-order valence-electron chi connectivity index (χ1n) is 12.1. The van der Waals surface area contributed by atoms with E-state index >= 15 is 0 Å². The summed E-state index contributed by atoms with van der Waals surface area (Å²) in [6.45, 7) is 11.4.